The van der Waals surface area contributed by atoms with Crippen molar-refractivity contribution < 1.29 is 0 Å². The van der Waals surface area contributed by atoms with Crippen molar-refractivity contribution in [1.82, 2.24) is 15.2 Å². The molecule has 0 aliphatic rings. The fourth-order valence-corrected chi connectivity index (χ4v) is 2.89. The van der Waals surface area contributed by atoms with Crippen LogP contribution in [-0.4, -0.2) is 23.0 Å². The molecule has 0 saturated carbocycles. The maximum absolute atomic E-state index is 4.53. The maximum atomic E-state index is 4.53. The summed E-state index contributed by atoms with van der Waals surface area (Å²) in [4.78, 5) is 6.83. The third-order valence-corrected chi connectivity index (χ3v) is 4.08. The van der Waals surface area contributed by atoms with Gasteiger partial charge < -0.3 is 5.32 Å². The number of hydrogen-bond donors (Lipinski definition) is 1. The van der Waals surface area contributed by atoms with Crippen molar-refractivity contribution in [1.29, 1.82) is 0 Å². The number of rotatable bonds is 7. The predicted molar refractivity (Wildman–Crippen MR) is 90.4 cm³/mol. The summed E-state index contributed by atoms with van der Waals surface area (Å²) < 4.78 is 0. The van der Waals surface area contributed by atoms with Crippen molar-refractivity contribution >= 4 is 11.3 Å². The molecule has 0 aliphatic heterocycles. The van der Waals surface area contributed by atoms with Gasteiger partial charge in [-0.05, 0) is 25.1 Å². The molecule has 0 radical (unpaired) electrons. The van der Waals surface area contributed by atoms with Gasteiger partial charge in [0, 0.05) is 31.1 Å². The lowest BCUT2D eigenvalue weighted by molar-refractivity contribution is 0.315. The van der Waals surface area contributed by atoms with Crippen molar-refractivity contribution in [2.45, 2.75) is 46.4 Å². The number of benzene rings is 1. The first-order chi connectivity index (χ1) is 10.0. The highest BCUT2D eigenvalue weighted by molar-refractivity contribution is 7.09. The van der Waals surface area contributed by atoms with E-state index in [1.807, 2.05) is 0 Å². The average molecular weight is 303 g/mol. The number of nitrogens with zero attached hydrogens (tertiary/aromatic N) is 2. The van der Waals surface area contributed by atoms with E-state index in [2.05, 4.69) is 72.7 Å². The highest BCUT2D eigenvalue weighted by Gasteiger charge is 2.05. The Morgan fingerprint density at radius 3 is 2.67 bits per heavy atom. The molecule has 0 fully saturated rings. The molecule has 21 heavy (non-hydrogen) atoms. The van der Waals surface area contributed by atoms with Crippen LogP contribution in [0.25, 0.3) is 0 Å². The number of hydrogen-bond acceptors (Lipinski definition) is 4. The van der Waals surface area contributed by atoms with Crippen LogP contribution in [0.1, 0.15) is 35.7 Å². The van der Waals surface area contributed by atoms with Crippen molar-refractivity contribution in [3.8, 4) is 0 Å². The molecule has 0 aliphatic carbocycles. The van der Waals surface area contributed by atoms with Crippen molar-refractivity contribution in [3.05, 3.63) is 51.5 Å². The van der Waals surface area contributed by atoms with Crippen molar-refractivity contribution in [2.24, 2.45) is 0 Å². The van der Waals surface area contributed by atoms with E-state index in [0.29, 0.717) is 6.04 Å². The molecule has 0 spiro atoms. The fourth-order valence-electron chi connectivity index (χ4n) is 2.28. The molecule has 0 saturated heterocycles. The topological polar surface area (TPSA) is 28.2 Å². The molecular weight excluding hydrogens is 278 g/mol. The van der Waals surface area contributed by atoms with Gasteiger partial charge in [0.25, 0.3) is 0 Å². The Hall–Kier alpha value is -1.23. The van der Waals surface area contributed by atoms with E-state index in [9.17, 15) is 0 Å². The molecule has 0 atom stereocenters. The lowest BCUT2D eigenvalue weighted by Crippen LogP contribution is -2.22. The first-order valence-corrected chi connectivity index (χ1v) is 8.31. The van der Waals surface area contributed by atoms with Gasteiger partial charge in [0.05, 0.1) is 10.7 Å². The third kappa shape index (κ3) is 5.58. The van der Waals surface area contributed by atoms with Gasteiger partial charge in [-0.1, -0.05) is 38.1 Å². The lowest BCUT2D eigenvalue weighted by Gasteiger charge is -2.16. The number of aromatic nitrogens is 1. The predicted octanol–water partition coefficient (Wildman–Crippen LogP) is 3.58. The minimum atomic E-state index is 0.518. The van der Waals surface area contributed by atoms with Crippen LogP contribution in [0.15, 0.2) is 29.6 Å². The molecule has 3 nitrogen and oxygen atoms in total. The molecule has 1 aromatic carbocycles. The summed E-state index contributed by atoms with van der Waals surface area (Å²) >= 11 is 1.72. The Kier molecular flexibility index (Phi) is 5.91. The van der Waals surface area contributed by atoms with E-state index >= 15 is 0 Å². The summed E-state index contributed by atoms with van der Waals surface area (Å²) in [5.41, 5.74) is 3.87. The van der Waals surface area contributed by atoms with Crippen LogP contribution in [0.3, 0.4) is 0 Å². The highest BCUT2D eigenvalue weighted by Crippen LogP contribution is 2.13. The first-order valence-electron chi connectivity index (χ1n) is 7.43. The SMILES string of the molecule is Cc1nc(CN(C)Cc2cccc(CNC(C)C)c2)cs1. The van der Waals surface area contributed by atoms with Crippen LogP contribution >= 0.6 is 11.3 Å². The van der Waals surface area contributed by atoms with Crippen LogP contribution in [0, 0.1) is 6.92 Å². The quantitative estimate of drug-likeness (QED) is 0.847. The van der Waals surface area contributed by atoms with Gasteiger partial charge in [0.2, 0.25) is 0 Å². The van der Waals surface area contributed by atoms with Gasteiger partial charge in [-0.25, -0.2) is 4.98 Å². The smallest absolute Gasteiger partial charge is 0.0897 e. The van der Waals surface area contributed by atoms with Crippen LogP contribution in [0.4, 0.5) is 0 Å². The third-order valence-electron chi connectivity index (χ3n) is 3.26. The van der Waals surface area contributed by atoms with Gasteiger partial charge in [-0.2, -0.15) is 0 Å². The second kappa shape index (κ2) is 7.69. The second-order valence-electron chi connectivity index (χ2n) is 5.89. The number of nitrogens with one attached hydrogen (secondary N) is 1. The molecule has 0 amide bonds. The minimum Gasteiger partial charge on any atom is -0.310 e. The Labute approximate surface area is 132 Å². The van der Waals surface area contributed by atoms with E-state index in [1.54, 1.807) is 11.3 Å². The summed E-state index contributed by atoms with van der Waals surface area (Å²) in [6, 6.07) is 9.33. The van der Waals surface area contributed by atoms with Crippen LogP contribution in [0.2, 0.25) is 0 Å². The van der Waals surface area contributed by atoms with Gasteiger partial charge in [-0.15, -0.1) is 11.3 Å². The van der Waals surface area contributed by atoms with E-state index in [-0.39, 0.29) is 0 Å². The monoisotopic (exact) mass is 303 g/mol. The fraction of sp³-hybridized carbons (Fsp3) is 0.471. The Bertz CT molecular complexity index is 563. The molecule has 2 aromatic rings. The Morgan fingerprint density at radius 1 is 1.24 bits per heavy atom. The number of thiazole rings is 1. The van der Waals surface area contributed by atoms with Gasteiger partial charge in [0.15, 0.2) is 0 Å². The molecule has 1 N–H and O–H groups in total. The van der Waals surface area contributed by atoms with Gasteiger partial charge >= 0.3 is 0 Å². The zero-order valence-corrected chi connectivity index (χ0v) is 14.2. The second-order valence-corrected chi connectivity index (χ2v) is 6.95. The zero-order chi connectivity index (χ0) is 15.2. The molecule has 0 unspecified atom stereocenters. The highest BCUT2D eigenvalue weighted by atomic mass is 32.1. The largest absolute Gasteiger partial charge is 0.310 e. The van der Waals surface area contributed by atoms with Crippen LogP contribution < -0.4 is 5.32 Å². The molecule has 114 valence electrons. The van der Waals surface area contributed by atoms with Gasteiger partial charge in [0.1, 0.15) is 0 Å². The van der Waals surface area contributed by atoms with E-state index < -0.39 is 0 Å². The molecule has 1 heterocycles. The summed E-state index contributed by atoms with van der Waals surface area (Å²) in [6.07, 6.45) is 0. The standard InChI is InChI=1S/C17H25N3S/c1-13(2)18-9-15-6-5-7-16(8-15)10-20(4)11-17-12-21-14(3)19-17/h5-8,12-13,18H,9-11H2,1-4H3. The first kappa shape index (κ1) is 16.1. The van der Waals surface area contributed by atoms with E-state index in [1.165, 1.54) is 11.1 Å². The van der Waals surface area contributed by atoms with E-state index in [4.69, 9.17) is 0 Å². The lowest BCUT2D eigenvalue weighted by atomic mass is 10.1. The summed E-state index contributed by atoms with van der Waals surface area (Å²) in [6.45, 7) is 9.19. The Morgan fingerprint density at radius 2 is 2.00 bits per heavy atom. The van der Waals surface area contributed by atoms with Crippen LogP contribution in [0.5, 0.6) is 0 Å². The Balaban J connectivity index is 1.91. The maximum Gasteiger partial charge on any atom is 0.0897 e. The average Bonchev–Trinajstić information content (AvgIpc) is 2.82. The minimum absolute atomic E-state index is 0.518. The number of aryl methyl sites for hydroxylation is 1. The molecule has 1 aromatic heterocycles. The summed E-state index contributed by atoms with van der Waals surface area (Å²) in [7, 11) is 2.15. The van der Waals surface area contributed by atoms with E-state index in [0.717, 1.165) is 30.3 Å². The molecular formula is C17H25N3S. The molecule has 0 bridgehead atoms. The summed E-state index contributed by atoms with van der Waals surface area (Å²) in [5.74, 6) is 0. The molecule has 4 heteroatoms. The van der Waals surface area contributed by atoms with Gasteiger partial charge in [-0.3, -0.25) is 4.90 Å². The summed E-state index contributed by atoms with van der Waals surface area (Å²) in [5, 5.41) is 6.75. The zero-order valence-electron chi connectivity index (χ0n) is 13.4. The van der Waals surface area contributed by atoms with Crippen molar-refractivity contribution in [3.63, 3.8) is 0 Å². The van der Waals surface area contributed by atoms with Crippen molar-refractivity contribution in [2.75, 3.05) is 7.05 Å². The normalized spacial score (nSPS) is 11.5. The van der Waals surface area contributed by atoms with Crippen LogP contribution in [-0.2, 0) is 19.6 Å². The molecule has 2 rings (SSSR count).